The second-order valence-electron chi connectivity index (χ2n) is 5.40. The number of hydrogen-bond donors (Lipinski definition) is 1. The first kappa shape index (κ1) is 15.3. The zero-order valence-corrected chi connectivity index (χ0v) is 13.3. The molecule has 0 unspecified atom stereocenters. The van der Waals surface area contributed by atoms with Crippen LogP contribution in [-0.4, -0.2) is 45.4 Å². The number of ether oxygens (including phenoxy) is 1. The van der Waals surface area contributed by atoms with Gasteiger partial charge in [-0.05, 0) is 13.3 Å². The summed E-state index contributed by atoms with van der Waals surface area (Å²) in [6.45, 7) is 5.64. The molecule has 23 heavy (non-hydrogen) atoms. The monoisotopic (exact) mass is 316 g/mol. The lowest BCUT2D eigenvalue weighted by Crippen LogP contribution is -2.22. The van der Waals surface area contributed by atoms with Gasteiger partial charge in [-0.25, -0.2) is 0 Å². The summed E-state index contributed by atoms with van der Waals surface area (Å²) in [7, 11) is 0. The van der Waals surface area contributed by atoms with Crippen LogP contribution in [0.5, 0.6) is 5.88 Å². The highest BCUT2D eigenvalue weighted by Gasteiger charge is 2.26. The van der Waals surface area contributed by atoms with Crippen molar-refractivity contribution in [3.63, 3.8) is 0 Å². The second-order valence-corrected chi connectivity index (χ2v) is 5.40. The minimum absolute atomic E-state index is 0.119. The van der Waals surface area contributed by atoms with Crippen LogP contribution in [0.4, 0.5) is 11.6 Å². The van der Waals surface area contributed by atoms with Crippen LogP contribution >= 0.6 is 0 Å². The number of hydrogen-bond acceptors (Lipinski definition) is 6. The zero-order valence-electron chi connectivity index (χ0n) is 13.3. The van der Waals surface area contributed by atoms with Crippen molar-refractivity contribution in [1.29, 1.82) is 0 Å². The largest absolute Gasteiger partial charge is 0.477 e. The minimum Gasteiger partial charge on any atom is -0.477 e. The molecule has 2 aromatic heterocycles. The van der Waals surface area contributed by atoms with Gasteiger partial charge >= 0.3 is 0 Å². The van der Waals surface area contributed by atoms with E-state index < -0.39 is 0 Å². The fraction of sp³-hybridized carbons (Fsp3) is 0.467. The molecule has 0 radical (unpaired) electrons. The Balaban J connectivity index is 1.67. The van der Waals surface area contributed by atoms with Gasteiger partial charge in [-0.1, -0.05) is 0 Å². The van der Waals surface area contributed by atoms with E-state index in [2.05, 4.69) is 25.3 Å². The van der Waals surface area contributed by atoms with Crippen LogP contribution < -0.4 is 15.0 Å². The normalized spacial score (nSPS) is 17.3. The van der Waals surface area contributed by atoms with Crippen LogP contribution in [0.15, 0.2) is 24.7 Å². The van der Waals surface area contributed by atoms with Gasteiger partial charge in [0.05, 0.1) is 25.0 Å². The molecule has 1 saturated heterocycles. The molecular weight excluding hydrogens is 296 g/mol. The lowest BCUT2D eigenvalue weighted by atomic mass is 10.3. The molecule has 8 nitrogen and oxygen atoms in total. The van der Waals surface area contributed by atoms with Gasteiger partial charge in [0, 0.05) is 32.3 Å². The van der Waals surface area contributed by atoms with E-state index in [1.54, 1.807) is 18.5 Å². The van der Waals surface area contributed by atoms with Gasteiger partial charge < -0.3 is 15.0 Å². The van der Waals surface area contributed by atoms with E-state index >= 15 is 0 Å². The number of amides is 1. The third-order valence-electron chi connectivity index (χ3n) is 3.67. The summed E-state index contributed by atoms with van der Waals surface area (Å²) in [4.78, 5) is 21.9. The molecular formula is C15H20N6O2. The van der Waals surface area contributed by atoms with Crippen LogP contribution in [0.1, 0.15) is 26.3 Å². The van der Waals surface area contributed by atoms with E-state index in [1.165, 1.54) is 6.92 Å². The first-order valence-electron chi connectivity index (χ1n) is 7.68. The maximum Gasteiger partial charge on any atom is 0.234 e. The van der Waals surface area contributed by atoms with Crippen molar-refractivity contribution in [2.45, 2.75) is 26.3 Å². The Morgan fingerprint density at radius 1 is 1.48 bits per heavy atom. The lowest BCUT2D eigenvalue weighted by molar-refractivity contribution is -0.114. The Hall–Kier alpha value is -2.64. The van der Waals surface area contributed by atoms with E-state index in [0.29, 0.717) is 18.3 Å². The van der Waals surface area contributed by atoms with Crippen LogP contribution in [0.2, 0.25) is 0 Å². The van der Waals surface area contributed by atoms with E-state index in [1.807, 2.05) is 17.8 Å². The number of nitrogens with one attached hydrogen (secondary N) is 1. The van der Waals surface area contributed by atoms with Crippen molar-refractivity contribution in [2.75, 3.05) is 29.9 Å². The SMILES string of the molecule is CCOc1cncc(N2CC[C@@H](n3ccc(NC(C)=O)n3)C2)n1. The van der Waals surface area contributed by atoms with Gasteiger partial charge in [0.2, 0.25) is 11.8 Å². The maximum absolute atomic E-state index is 11.1. The average Bonchev–Trinajstić information content (AvgIpc) is 3.16. The number of nitrogens with zero attached hydrogens (tertiary/aromatic N) is 5. The Labute approximate surface area is 134 Å². The molecule has 1 aliphatic rings. The highest BCUT2D eigenvalue weighted by atomic mass is 16.5. The van der Waals surface area contributed by atoms with Gasteiger partial charge in [0.25, 0.3) is 0 Å². The molecule has 1 atom stereocenters. The molecule has 2 aromatic rings. The summed E-state index contributed by atoms with van der Waals surface area (Å²) in [6, 6.07) is 2.05. The van der Waals surface area contributed by atoms with E-state index in [0.717, 1.165) is 25.3 Å². The third-order valence-corrected chi connectivity index (χ3v) is 3.67. The third kappa shape index (κ3) is 3.58. The van der Waals surface area contributed by atoms with Crippen molar-refractivity contribution in [3.05, 3.63) is 24.7 Å². The van der Waals surface area contributed by atoms with Crippen LogP contribution in [0.25, 0.3) is 0 Å². The van der Waals surface area contributed by atoms with Gasteiger partial charge in [0.1, 0.15) is 0 Å². The molecule has 122 valence electrons. The summed E-state index contributed by atoms with van der Waals surface area (Å²) in [6.07, 6.45) is 6.22. The predicted molar refractivity (Wildman–Crippen MR) is 85.6 cm³/mol. The van der Waals surface area contributed by atoms with Crippen molar-refractivity contribution in [2.24, 2.45) is 0 Å². The predicted octanol–water partition coefficient (Wildman–Crippen LogP) is 1.48. The average molecular weight is 316 g/mol. The molecule has 1 amide bonds. The Kier molecular flexibility index (Phi) is 4.40. The summed E-state index contributed by atoms with van der Waals surface area (Å²) >= 11 is 0. The smallest absolute Gasteiger partial charge is 0.234 e. The fourth-order valence-corrected chi connectivity index (χ4v) is 2.66. The molecule has 1 aliphatic heterocycles. The van der Waals surface area contributed by atoms with Gasteiger partial charge in [-0.2, -0.15) is 10.1 Å². The molecule has 3 rings (SSSR count). The van der Waals surface area contributed by atoms with E-state index in [-0.39, 0.29) is 11.9 Å². The van der Waals surface area contributed by atoms with Crippen LogP contribution in [0.3, 0.4) is 0 Å². The van der Waals surface area contributed by atoms with E-state index in [4.69, 9.17) is 4.74 Å². The number of rotatable bonds is 5. The molecule has 0 spiro atoms. The Morgan fingerprint density at radius 2 is 2.35 bits per heavy atom. The fourth-order valence-electron chi connectivity index (χ4n) is 2.66. The Morgan fingerprint density at radius 3 is 3.13 bits per heavy atom. The van der Waals surface area contributed by atoms with Gasteiger partial charge in [-0.3, -0.25) is 14.5 Å². The number of carbonyl (C=O) groups is 1. The standard InChI is InChI=1S/C15H20N6O2/c1-3-23-15-9-16-8-14(18-15)20-6-4-12(10-20)21-7-5-13(19-21)17-11(2)22/h5,7-9,12H,3-4,6,10H2,1-2H3,(H,17,19,22)/t12-/m1/s1. The topological polar surface area (TPSA) is 85.2 Å². The molecule has 0 saturated carbocycles. The molecule has 0 aromatic carbocycles. The van der Waals surface area contributed by atoms with Gasteiger partial charge in [0.15, 0.2) is 11.6 Å². The van der Waals surface area contributed by atoms with Crippen LogP contribution in [-0.2, 0) is 4.79 Å². The maximum atomic E-state index is 11.1. The first-order chi connectivity index (χ1) is 11.2. The van der Waals surface area contributed by atoms with Crippen molar-refractivity contribution in [1.82, 2.24) is 19.7 Å². The van der Waals surface area contributed by atoms with Crippen LogP contribution in [0, 0.1) is 0 Å². The molecule has 1 fully saturated rings. The molecule has 8 heteroatoms. The summed E-state index contributed by atoms with van der Waals surface area (Å²) in [5.41, 5.74) is 0. The molecule has 3 heterocycles. The van der Waals surface area contributed by atoms with Crippen molar-refractivity contribution >= 4 is 17.5 Å². The number of aromatic nitrogens is 4. The zero-order chi connectivity index (χ0) is 16.2. The first-order valence-corrected chi connectivity index (χ1v) is 7.68. The lowest BCUT2D eigenvalue weighted by Gasteiger charge is -2.17. The molecule has 0 aliphatic carbocycles. The molecule has 0 bridgehead atoms. The van der Waals surface area contributed by atoms with E-state index in [9.17, 15) is 4.79 Å². The number of carbonyl (C=O) groups excluding carboxylic acids is 1. The molecule has 1 N–H and O–H groups in total. The summed E-state index contributed by atoms with van der Waals surface area (Å²) in [5.74, 6) is 1.81. The minimum atomic E-state index is -0.119. The van der Waals surface area contributed by atoms with Crippen molar-refractivity contribution < 1.29 is 9.53 Å². The highest BCUT2D eigenvalue weighted by Crippen LogP contribution is 2.26. The van der Waals surface area contributed by atoms with Gasteiger partial charge in [-0.15, -0.1) is 0 Å². The summed E-state index contributed by atoms with van der Waals surface area (Å²) < 4.78 is 7.29. The quantitative estimate of drug-likeness (QED) is 0.899. The second kappa shape index (κ2) is 6.64. The summed E-state index contributed by atoms with van der Waals surface area (Å²) in [5, 5.41) is 7.09. The Bertz CT molecular complexity index is 686. The van der Waals surface area contributed by atoms with Crippen molar-refractivity contribution in [3.8, 4) is 5.88 Å². The highest BCUT2D eigenvalue weighted by molar-refractivity contribution is 5.87. The number of anilines is 2.